The molecule has 0 bridgehead atoms. The molecule has 0 radical (unpaired) electrons. The van der Waals surface area contributed by atoms with Crippen molar-refractivity contribution < 1.29 is 9.90 Å². The number of hydrogen-bond donors (Lipinski definition) is 3. The Morgan fingerprint density at radius 2 is 2.14 bits per heavy atom. The molecule has 1 aromatic rings. The summed E-state index contributed by atoms with van der Waals surface area (Å²) in [6.07, 6.45) is -0.0411. The highest BCUT2D eigenvalue weighted by molar-refractivity contribution is 5.72. The van der Waals surface area contributed by atoms with E-state index in [1.54, 1.807) is 12.1 Å². The predicted octanol–water partition coefficient (Wildman–Crippen LogP) is 0.844. The number of nitrogens with one attached hydrogen (secondary N) is 1. The van der Waals surface area contributed by atoms with Crippen LogP contribution in [0.2, 0.25) is 0 Å². The van der Waals surface area contributed by atoms with E-state index >= 15 is 0 Å². The minimum absolute atomic E-state index is 0.188. The molecular formula is C10H16N2O2. The van der Waals surface area contributed by atoms with Crippen molar-refractivity contribution >= 4 is 6.29 Å². The highest BCUT2D eigenvalue weighted by atomic mass is 16.3. The summed E-state index contributed by atoms with van der Waals surface area (Å²) >= 11 is 0. The quantitative estimate of drug-likeness (QED) is 0.624. The first-order valence-corrected chi connectivity index (χ1v) is 4.64. The molecule has 0 aliphatic carbocycles. The van der Waals surface area contributed by atoms with Crippen LogP contribution in [0.5, 0.6) is 0 Å². The van der Waals surface area contributed by atoms with Gasteiger partial charge in [-0.1, -0.05) is 13.8 Å². The molecule has 1 heterocycles. The highest BCUT2D eigenvalue weighted by Gasteiger charge is 2.20. The summed E-state index contributed by atoms with van der Waals surface area (Å²) in [5, 5.41) is 9.80. The summed E-state index contributed by atoms with van der Waals surface area (Å²) < 4.78 is 0. The fourth-order valence-electron chi connectivity index (χ4n) is 1.24. The third-order valence-corrected chi connectivity index (χ3v) is 2.31. The zero-order valence-electron chi connectivity index (χ0n) is 8.40. The van der Waals surface area contributed by atoms with Crippen LogP contribution in [0, 0.1) is 5.92 Å². The van der Waals surface area contributed by atoms with E-state index in [2.05, 4.69) is 4.98 Å². The molecule has 0 aliphatic heterocycles. The fourth-order valence-corrected chi connectivity index (χ4v) is 1.24. The van der Waals surface area contributed by atoms with Crippen LogP contribution in [-0.4, -0.2) is 22.4 Å². The predicted molar refractivity (Wildman–Crippen MR) is 54.0 cm³/mol. The molecule has 1 aromatic heterocycles. The highest BCUT2D eigenvalue weighted by Crippen LogP contribution is 2.19. The summed E-state index contributed by atoms with van der Waals surface area (Å²) in [5.74, 6) is 0.188. The molecule has 0 saturated carbocycles. The molecule has 1 rings (SSSR count). The van der Waals surface area contributed by atoms with Gasteiger partial charge in [-0.15, -0.1) is 0 Å². The van der Waals surface area contributed by atoms with Crippen molar-refractivity contribution in [1.29, 1.82) is 0 Å². The van der Waals surface area contributed by atoms with Crippen molar-refractivity contribution in [3.8, 4) is 0 Å². The number of nitrogens with two attached hydrogens (primary N) is 1. The number of aromatic nitrogens is 1. The maximum Gasteiger partial charge on any atom is 0.166 e. The lowest BCUT2D eigenvalue weighted by molar-refractivity contribution is 0.111. The van der Waals surface area contributed by atoms with Crippen molar-refractivity contribution in [2.45, 2.75) is 26.0 Å². The average Bonchev–Trinajstić information content (AvgIpc) is 2.63. The molecule has 4 heteroatoms. The van der Waals surface area contributed by atoms with Crippen molar-refractivity contribution in [3.05, 3.63) is 23.5 Å². The minimum atomic E-state index is -0.747. The van der Waals surface area contributed by atoms with Gasteiger partial charge in [0.25, 0.3) is 0 Å². The zero-order chi connectivity index (χ0) is 10.7. The number of aliphatic hydroxyl groups excluding tert-OH is 1. The lowest BCUT2D eigenvalue weighted by Gasteiger charge is -2.21. The summed E-state index contributed by atoms with van der Waals surface area (Å²) in [6, 6.07) is 2.98. The monoisotopic (exact) mass is 196 g/mol. The Labute approximate surface area is 83.1 Å². The Morgan fingerprint density at radius 1 is 1.50 bits per heavy atom. The summed E-state index contributed by atoms with van der Waals surface area (Å²) in [7, 11) is 0. The number of carbonyl (C=O) groups is 1. The van der Waals surface area contributed by atoms with E-state index in [1.165, 1.54) is 0 Å². The average molecular weight is 196 g/mol. The van der Waals surface area contributed by atoms with Gasteiger partial charge >= 0.3 is 0 Å². The SMILES string of the molecule is CC(C)C(N)C(O)c1ccc(C=O)[nH]1. The van der Waals surface area contributed by atoms with Crippen molar-refractivity contribution in [2.24, 2.45) is 11.7 Å². The summed E-state index contributed by atoms with van der Waals surface area (Å²) in [5.41, 5.74) is 6.83. The molecule has 78 valence electrons. The third kappa shape index (κ3) is 2.21. The van der Waals surface area contributed by atoms with Gasteiger partial charge in [0.2, 0.25) is 0 Å². The number of aldehydes is 1. The number of hydrogen-bond acceptors (Lipinski definition) is 3. The van der Waals surface area contributed by atoms with E-state index in [0.29, 0.717) is 17.7 Å². The number of carbonyl (C=O) groups excluding carboxylic acids is 1. The van der Waals surface area contributed by atoms with Gasteiger partial charge in [0.15, 0.2) is 6.29 Å². The van der Waals surface area contributed by atoms with Crippen LogP contribution >= 0.6 is 0 Å². The first-order valence-electron chi connectivity index (χ1n) is 4.64. The van der Waals surface area contributed by atoms with Crippen LogP contribution in [0.4, 0.5) is 0 Å². The van der Waals surface area contributed by atoms with Crippen LogP contribution in [0.25, 0.3) is 0 Å². The van der Waals surface area contributed by atoms with E-state index in [1.807, 2.05) is 13.8 Å². The van der Waals surface area contributed by atoms with Gasteiger partial charge < -0.3 is 15.8 Å². The number of aromatic amines is 1. The Bertz CT molecular complexity index is 307. The maximum absolute atomic E-state index is 10.4. The third-order valence-electron chi connectivity index (χ3n) is 2.31. The van der Waals surface area contributed by atoms with Gasteiger partial charge in [-0.2, -0.15) is 0 Å². The van der Waals surface area contributed by atoms with Gasteiger partial charge in [0.1, 0.15) is 6.10 Å². The number of H-pyrrole nitrogens is 1. The molecular weight excluding hydrogens is 180 g/mol. The van der Waals surface area contributed by atoms with Crippen molar-refractivity contribution in [3.63, 3.8) is 0 Å². The maximum atomic E-state index is 10.4. The Kier molecular flexibility index (Phi) is 3.43. The van der Waals surface area contributed by atoms with Gasteiger partial charge in [0.05, 0.1) is 5.69 Å². The van der Waals surface area contributed by atoms with Gasteiger partial charge in [0, 0.05) is 11.7 Å². The minimum Gasteiger partial charge on any atom is -0.385 e. The first-order chi connectivity index (χ1) is 6.56. The molecule has 2 unspecified atom stereocenters. The number of rotatable bonds is 4. The number of aliphatic hydroxyl groups is 1. The second-order valence-corrected chi connectivity index (χ2v) is 3.75. The molecule has 0 fully saturated rings. The lowest BCUT2D eigenvalue weighted by Crippen LogP contribution is -2.33. The molecule has 0 aliphatic rings. The summed E-state index contributed by atoms with van der Waals surface area (Å²) in [6.45, 7) is 3.88. The van der Waals surface area contributed by atoms with E-state index < -0.39 is 6.10 Å². The molecule has 2 atom stereocenters. The van der Waals surface area contributed by atoms with Crippen LogP contribution < -0.4 is 5.73 Å². The van der Waals surface area contributed by atoms with E-state index in [9.17, 15) is 9.90 Å². The van der Waals surface area contributed by atoms with Crippen LogP contribution in [0.1, 0.15) is 36.1 Å². The molecule has 14 heavy (non-hydrogen) atoms. The molecule has 0 amide bonds. The normalized spacial score (nSPS) is 15.5. The van der Waals surface area contributed by atoms with Crippen LogP contribution in [0.3, 0.4) is 0 Å². The van der Waals surface area contributed by atoms with E-state index in [4.69, 9.17) is 5.73 Å². The van der Waals surface area contributed by atoms with E-state index in [-0.39, 0.29) is 12.0 Å². The largest absolute Gasteiger partial charge is 0.385 e. The molecule has 4 N–H and O–H groups in total. The van der Waals surface area contributed by atoms with E-state index in [0.717, 1.165) is 0 Å². The Hall–Kier alpha value is -1.13. The Balaban J connectivity index is 2.78. The van der Waals surface area contributed by atoms with Crippen LogP contribution in [-0.2, 0) is 0 Å². The van der Waals surface area contributed by atoms with Gasteiger partial charge in [-0.05, 0) is 18.1 Å². The molecule has 0 spiro atoms. The van der Waals surface area contributed by atoms with Crippen molar-refractivity contribution in [2.75, 3.05) is 0 Å². The second-order valence-electron chi connectivity index (χ2n) is 3.75. The zero-order valence-corrected chi connectivity index (χ0v) is 8.40. The standard InChI is InChI=1S/C10H16N2O2/c1-6(2)9(11)10(14)8-4-3-7(5-13)12-8/h3-6,9-10,12,14H,11H2,1-2H3. The van der Waals surface area contributed by atoms with Crippen molar-refractivity contribution in [1.82, 2.24) is 4.98 Å². The summed E-state index contributed by atoms with van der Waals surface area (Å²) in [4.78, 5) is 13.2. The fraction of sp³-hybridized carbons (Fsp3) is 0.500. The second kappa shape index (κ2) is 4.39. The smallest absolute Gasteiger partial charge is 0.166 e. The lowest BCUT2D eigenvalue weighted by atomic mass is 9.98. The van der Waals surface area contributed by atoms with Gasteiger partial charge in [-0.3, -0.25) is 4.79 Å². The topological polar surface area (TPSA) is 79.1 Å². The van der Waals surface area contributed by atoms with Gasteiger partial charge in [-0.25, -0.2) is 0 Å². The first kappa shape index (κ1) is 10.9. The molecule has 0 saturated heterocycles. The molecule has 4 nitrogen and oxygen atoms in total. The van der Waals surface area contributed by atoms with Crippen LogP contribution in [0.15, 0.2) is 12.1 Å². The molecule has 0 aromatic carbocycles. The Morgan fingerprint density at radius 3 is 2.57 bits per heavy atom.